The number of thiocarbonyl (C=S) groups is 1. The largest absolute Gasteiger partial charge is 0.490 e. The van der Waals surface area contributed by atoms with Crippen LogP contribution >= 0.6 is 12.2 Å². The Balaban J connectivity index is 1.68. The topological polar surface area (TPSA) is 112 Å². The van der Waals surface area contributed by atoms with E-state index in [2.05, 4.69) is 10.6 Å². The number of benzene rings is 2. The number of hydrogen-bond donors (Lipinski definition) is 2. The molecule has 0 bridgehead atoms. The number of nitrogens with zero attached hydrogens (tertiary/aromatic N) is 1. The molecule has 0 unspecified atom stereocenters. The van der Waals surface area contributed by atoms with Crippen molar-refractivity contribution in [3.05, 3.63) is 52.1 Å². The van der Waals surface area contributed by atoms with Crippen molar-refractivity contribution in [2.45, 2.75) is 0 Å². The predicted molar refractivity (Wildman–Crippen MR) is 95.9 cm³/mol. The number of rotatable bonds is 4. The van der Waals surface area contributed by atoms with Gasteiger partial charge in [0.15, 0.2) is 22.4 Å². The molecule has 1 amide bonds. The highest BCUT2D eigenvalue weighted by Gasteiger charge is 2.18. The molecule has 0 radical (unpaired) electrons. The van der Waals surface area contributed by atoms with Crippen LogP contribution in [0.3, 0.4) is 0 Å². The number of methoxy groups -OCH3 is 1. The first kappa shape index (κ1) is 17.4. The third-order valence-electron chi connectivity index (χ3n) is 3.50. The van der Waals surface area contributed by atoms with Crippen molar-refractivity contribution in [3.8, 4) is 17.2 Å². The van der Waals surface area contributed by atoms with Crippen molar-refractivity contribution in [1.29, 1.82) is 0 Å². The molecule has 134 valence electrons. The zero-order valence-corrected chi connectivity index (χ0v) is 14.3. The van der Waals surface area contributed by atoms with Gasteiger partial charge in [-0.3, -0.25) is 20.2 Å². The van der Waals surface area contributed by atoms with E-state index in [0.29, 0.717) is 22.7 Å². The Bertz CT molecular complexity index is 902. The quantitative estimate of drug-likeness (QED) is 0.476. The van der Waals surface area contributed by atoms with Crippen LogP contribution in [0, 0.1) is 10.1 Å². The number of fused-ring (bicyclic) bond motifs is 1. The van der Waals surface area contributed by atoms with Gasteiger partial charge in [-0.15, -0.1) is 0 Å². The number of carbonyl (C=O) groups is 1. The van der Waals surface area contributed by atoms with E-state index in [4.69, 9.17) is 26.4 Å². The van der Waals surface area contributed by atoms with Crippen LogP contribution in [-0.4, -0.2) is 29.8 Å². The van der Waals surface area contributed by atoms with Crippen LogP contribution in [0.25, 0.3) is 0 Å². The molecule has 1 heterocycles. The summed E-state index contributed by atoms with van der Waals surface area (Å²) in [6.07, 6.45) is 0. The number of hydrogen-bond acceptors (Lipinski definition) is 7. The summed E-state index contributed by atoms with van der Waals surface area (Å²) < 4.78 is 15.3. The Morgan fingerprint density at radius 3 is 2.73 bits per heavy atom. The summed E-state index contributed by atoms with van der Waals surface area (Å²) in [5.74, 6) is 0.703. The molecule has 0 saturated heterocycles. The van der Waals surface area contributed by atoms with Gasteiger partial charge in [-0.2, -0.15) is 0 Å². The minimum Gasteiger partial charge on any atom is -0.490 e. The van der Waals surface area contributed by atoms with Crippen LogP contribution in [-0.2, 0) is 0 Å². The Kier molecular flexibility index (Phi) is 4.85. The average molecular weight is 375 g/mol. The SMILES string of the molecule is COc1ccc(NC(=S)NC(=O)c2ccc3c(c2)OCO3)cc1[N+](=O)[O-]. The molecule has 10 heteroatoms. The van der Waals surface area contributed by atoms with Crippen molar-refractivity contribution in [1.82, 2.24) is 5.32 Å². The number of amides is 1. The maximum absolute atomic E-state index is 12.3. The van der Waals surface area contributed by atoms with E-state index in [1.165, 1.54) is 19.2 Å². The summed E-state index contributed by atoms with van der Waals surface area (Å²) in [5.41, 5.74) is 0.454. The van der Waals surface area contributed by atoms with Gasteiger partial charge >= 0.3 is 5.69 Å². The number of nitrogens with one attached hydrogen (secondary N) is 2. The number of nitro groups is 1. The van der Waals surface area contributed by atoms with Crippen LogP contribution in [0.1, 0.15) is 10.4 Å². The average Bonchev–Trinajstić information content (AvgIpc) is 3.09. The molecular weight excluding hydrogens is 362 g/mol. The lowest BCUT2D eigenvalue weighted by atomic mass is 10.2. The third-order valence-corrected chi connectivity index (χ3v) is 3.70. The van der Waals surface area contributed by atoms with Gasteiger partial charge in [-0.25, -0.2) is 0 Å². The monoisotopic (exact) mass is 375 g/mol. The first-order valence-corrected chi connectivity index (χ1v) is 7.73. The minimum atomic E-state index is -0.571. The van der Waals surface area contributed by atoms with E-state index in [9.17, 15) is 14.9 Å². The summed E-state index contributed by atoms with van der Waals surface area (Å²) in [5, 5.41) is 16.3. The lowest BCUT2D eigenvalue weighted by Gasteiger charge is -2.10. The fourth-order valence-electron chi connectivity index (χ4n) is 2.29. The number of ether oxygens (including phenoxy) is 3. The lowest BCUT2D eigenvalue weighted by Crippen LogP contribution is -2.34. The van der Waals surface area contributed by atoms with E-state index < -0.39 is 10.8 Å². The van der Waals surface area contributed by atoms with Crippen molar-refractivity contribution in [2.24, 2.45) is 0 Å². The molecule has 2 aromatic carbocycles. The van der Waals surface area contributed by atoms with Crippen LogP contribution < -0.4 is 24.8 Å². The van der Waals surface area contributed by atoms with Gasteiger partial charge in [-0.05, 0) is 42.5 Å². The number of carbonyl (C=O) groups excluding carboxylic acids is 1. The summed E-state index contributed by atoms with van der Waals surface area (Å²) >= 11 is 5.08. The van der Waals surface area contributed by atoms with E-state index in [1.807, 2.05) is 0 Å². The molecule has 9 nitrogen and oxygen atoms in total. The fourth-order valence-corrected chi connectivity index (χ4v) is 2.50. The predicted octanol–water partition coefficient (Wildman–Crippen LogP) is 2.46. The molecule has 0 fully saturated rings. The highest BCUT2D eigenvalue weighted by molar-refractivity contribution is 7.80. The van der Waals surface area contributed by atoms with Crippen LogP contribution in [0.5, 0.6) is 17.2 Å². The molecule has 0 atom stereocenters. The molecule has 0 aliphatic carbocycles. The Hall–Kier alpha value is -3.40. The van der Waals surface area contributed by atoms with Crippen LogP contribution in [0.4, 0.5) is 11.4 Å². The highest BCUT2D eigenvalue weighted by Crippen LogP contribution is 2.32. The van der Waals surface area contributed by atoms with Gasteiger partial charge in [0.25, 0.3) is 5.91 Å². The zero-order chi connectivity index (χ0) is 18.7. The van der Waals surface area contributed by atoms with Gasteiger partial charge in [-0.1, -0.05) is 0 Å². The lowest BCUT2D eigenvalue weighted by molar-refractivity contribution is -0.385. The minimum absolute atomic E-state index is 0.00729. The van der Waals surface area contributed by atoms with Gasteiger partial charge in [0.2, 0.25) is 6.79 Å². The van der Waals surface area contributed by atoms with Gasteiger partial charge in [0, 0.05) is 17.3 Å². The maximum atomic E-state index is 12.3. The fraction of sp³-hybridized carbons (Fsp3) is 0.125. The van der Waals surface area contributed by atoms with Crippen molar-refractivity contribution in [3.63, 3.8) is 0 Å². The van der Waals surface area contributed by atoms with Gasteiger partial charge < -0.3 is 19.5 Å². The van der Waals surface area contributed by atoms with Crippen LogP contribution in [0.15, 0.2) is 36.4 Å². The first-order valence-electron chi connectivity index (χ1n) is 7.32. The second-order valence-electron chi connectivity index (χ2n) is 5.12. The summed E-state index contributed by atoms with van der Waals surface area (Å²) in [6, 6.07) is 8.98. The standard InChI is InChI=1S/C16H13N3O6S/c1-23-12-5-3-10(7-11(12)19(21)22)17-16(26)18-15(20)9-2-4-13-14(6-9)25-8-24-13/h2-7H,8H2,1H3,(H2,17,18,20,26). The molecule has 1 aliphatic heterocycles. The third kappa shape index (κ3) is 3.64. The summed E-state index contributed by atoms with van der Waals surface area (Å²) in [7, 11) is 1.34. The van der Waals surface area contributed by atoms with E-state index in [-0.39, 0.29) is 23.3 Å². The van der Waals surface area contributed by atoms with Crippen LogP contribution in [0.2, 0.25) is 0 Å². The van der Waals surface area contributed by atoms with Gasteiger partial charge in [0.05, 0.1) is 12.0 Å². The molecular formula is C16H13N3O6S. The van der Waals surface area contributed by atoms with E-state index >= 15 is 0 Å². The Labute approximate surface area is 153 Å². The molecule has 26 heavy (non-hydrogen) atoms. The molecule has 0 aromatic heterocycles. The number of anilines is 1. The Morgan fingerprint density at radius 2 is 2.00 bits per heavy atom. The second kappa shape index (κ2) is 7.23. The first-order chi connectivity index (χ1) is 12.5. The summed E-state index contributed by atoms with van der Waals surface area (Å²) in [6.45, 7) is 0.108. The van der Waals surface area contributed by atoms with Crippen molar-refractivity contribution >= 4 is 34.6 Å². The Morgan fingerprint density at radius 1 is 1.23 bits per heavy atom. The molecule has 1 aliphatic rings. The molecule has 0 spiro atoms. The highest BCUT2D eigenvalue weighted by atomic mass is 32.1. The molecule has 2 aromatic rings. The normalized spacial score (nSPS) is 11.6. The molecule has 0 saturated carbocycles. The van der Waals surface area contributed by atoms with E-state index in [1.54, 1.807) is 24.3 Å². The summed E-state index contributed by atoms with van der Waals surface area (Å²) in [4.78, 5) is 22.7. The maximum Gasteiger partial charge on any atom is 0.312 e. The molecule has 2 N–H and O–H groups in total. The second-order valence-corrected chi connectivity index (χ2v) is 5.53. The molecule has 3 rings (SSSR count). The van der Waals surface area contributed by atoms with E-state index in [0.717, 1.165) is 0 Å². The van der Waals surface area contributed by atoms with Crippen molar-refractivity contribution < 1.29 is 23.9 Å². The smallest absolute Gasteiger partial charge is 0.312 e. The van der Waals surface area contributed by atoms with Gasteiger partial charge in [0.1, 0.15) is 0 Å². The number of nitro benzene ring substituents is 1. The van der Waals surface area contributed by atoms with Crippen molar-refractivity contribution in [2.75, 3.05) is 19.2 Å². The zero-order valence-electron chi connectivity index (χ0n) is 13.5.